The molecule has 0 saturated carbocycles. The monoisotopic (exact) mass is 260 g/mol. The summed E-state index contributed by atoms with van der Waals surface area (Å²) in [5, 5.41) is 0. The third-order valence-electron chi connectivity index (χ3n) is 2.06. The summed E-state index contributed by atoms with van der Waals surface area (Å²) in [5.41, 5.74) is 5.55. The zero-order chi connectivity index (χ0) is 12.9. The van der Waals surface area contributed by atoms with Crippen LogP contribution in [0.25, 0.3) is 0 Å². The molecule has 0 aliphatic rings. The van der Waals surface area contributed by atoms with E-state index < -0.39 is 10.0 Å². The molecule has 0 radical (unpaired) electrons. The van der Waals surface area contributed by atoms with Gasteiger partial charge in [0.25, 0.3) is 0 Å². The SMILES string of the molecule is COc1ccc(OC)c(NS(=O)(=O)CCN)c1. The summed E-state index contributed by atoms with van der Waals surface area (Å²) in [5.74, 6) is 0.815. The Morgan fingerprint density at radius 1 is 1.29 bits per heavy atom. The topological polar surface area (TPSA) is 90.6 Å². The van der Waals surface area contributed by atoms with Gasteiger partial charge < -0.3 is 15.2 Å². The Morgan fingerprint density at radius 2 is 2.00 bits per heavy atom. The third kappa shape index (κ3) is 3.79. The van der Waals surface area contributed by atoms with E-state index in [9.17, 15) is 8.42 Å². The standard InChI is InChI=1S/C10H16N2O4S/c1-15-8-3-4-10(16-2)9(7-8)12-17(13,14)6-5-11/h3-4,7,12H,5-6,11H2,1-2H3. The predicted octanol–water partition coefficient (Wildman–Crippen LogP) is 0.404. The average molecular weight is 260 g/mol. The zero-order valence-corrected chi connectivity index (χ0v) is 10.6. The van der Waals surface area contributed by atoms with Crippen molar-refractivity contribution < 1.29 is 17.9 Å². The van der Waals surface area contributed by atoms with Crippen LogP contribution in [0.3, 0.4) is 0 Å². The quantitative estimate of drug-likeness (QED) is 0.772. The van der Waals surface area contributed by atoms with Gasteiger partial charge in [-0.2, -0.15) is 0 Å². The number of hydrogen-bond donors (Lipinski definition) is 2. The van der Waals surface area contributed by atoms with Crippen molar-refractivity contribution in [2.45, 2.75) is 0 Å². The molecule has 1 aromatic carbocycles. The van der Waals surface area contributed by atoms with Gasteiger partial charge in [0.05, 0.1) is 25.7 Å². The van der Waals surface area contributed by atoms with Crippen LogP contribution >= 0.6 is 0 Å². The molecule has 1 rings (SSSR count). The summed E-state index contributed by atoms with van der Waals surface area (Å²) in [4.78, 5) is 0. The Hall–Kier alpha value is -1.47. The molecule has 0 atom stereocenters. The van der Waals surface area contributed by atoms with E-state index in [0.29, 0.717) is 17.2 Å². The predicted molar refractivity (Wildman–Crippen MR) is 66.0 cm³/mol. The second-order valence-electron chi connectivity index (χ2n) is 3.28. The van der Waals surface area contributed by atoms with E-state index in [-0.39, 0.29) is 12.3 Å². The van der Waals surface area contributed by atoms with E-state index in [4.69, 9.17) is 15.2 Å². The molecule has 0 fully saturated rings. The van der Waals surface area contributed by atoms with Gasteiger partial charge in [0.1, 0.15) is 11.5 Å². The highest BCUT2D eigenvalue weighted by atomic mass is 32.2. The molecule has 96 valence electrons. The van der Waals surface area contributed by atoms with Crippen molar-refractivity contribution in [3.63, 3.8) is 0 Å². The maximum absolute atomic E-state index is 11.6. The number of nitrogens with two attached hydrogens (primary N) is 1. The van der Waals surface area contributed by atoms with Crippen LogP contribution < -0.4 is 19.9 Å². The molecule has 0 unspecified atom stereocenters. The van der Waals surface area contributed by atoms with Crippen LogP contribution in [0.2, 0.25) is 0 Å². The molecule has 0 aliphatic heterocycles. The fourth-order valence-corrected chi connectivity index (χ4v) is 2.17. The van der Waals surface area contributed by atoms with Crippen molar-refractivity contribution >= 4 is 15.7 Å². The summed E-state index contributed by atoms with van der Waals surface area (Å²) in [7, 11) is -0.492. The van der Waals surface area contributed by atoms with Gasteiger partial charge in [-0.05, 0) is 12.1 Å². The Kier molecular flexibility index (Phi) is 4.59. The number of anilines is 1. The van der Waals surface area contributed by atoms with Crippen LogP contribution in [-0.4, -0.2) is 34.9 Å². The van der Waals surface area contributed by atoms with Crippen molar-refractivity contribution in [3.05, 3.63) is 18.2 Å². The molecule has 17 heavy (non-hydrogen) atoms. The highest BCUT2D eigenvalue weighted by molar-refractivity contribution is 7.92. The largest absolute Gasteiger partial charge is 0.497 e. The molecule has 0 bridgehead atoms. The fraction of sp³-hybridized carbons (Fsp3) is 0.400. The lowest BCUT2D eigenvalue weighted by molar-refractivity contribution is 0.405. The van der Waals surface area contributed by atoms with Crippen molar-refractivity contribution in [2.24, 2.45) is 5.73 Å². The minimum Gasteiger partial charge on any atom is -0.497 e. The maximum Gasteiger partial charge on any atom is 0.234 e. The van der Waals surface area contributed by atoms with E-state index in [1.165, 1.54) is 14.2 Å². The van der Waals surface area contributed by atoms with Crippen LogP contribution in [-0.2, 0) is 10.0 Å². The molecule has 0 aromatic heterocycles. The summed E-state index contributed by atoms with van der Waals surface area (Å²) >= 11 is 0. The number of sulfonamides is 1. The molecular weight excluding hydrogens is 244 g/mol. The summed E-state index contributed by atoms with van der Waals surface area (Å²) in [6, 6.07) is 4.85. The molecule has 7 heteroatoms. The van der Waals surface area contributed by atoms with Crippen molar-refractivity contribution in [1.29, 1.82) is 0 Å². The maximum atomic E-state index is 11.6. The lowest BCUT2D eigenvalue weighted by Crippen LogP contribution is -2.22. The van der Waals surface area contributed by atoms with E-state index in [2.05, 4.69) is 4.72 Å². The summed E-state index contributed by atoms with van der Waals surface area (Å²) in [6.45, 7) is 0.0572. The zero-order valence-electron chi connectivity index (χ0n) is 9.76. The van der Waals surface area contributed by atoms with Crippen LogP contribution in [0, 0.1) is 0 Å². The molecule has 0 aliphatic carbocycles. The second-order valence-corrected chi connectivity index (χ2v) is 5.12. The molecular formula is C10H16N2O4S. The summed E-state index contributed by atoms with van der Waals surface area (Å²) < 4.78 is 35.6. The first-order valence-electron chi connectivity index (χ1n) is 4.95. The highest BCUT2D eigenvalue weighted by Gasteiger charge is 2.13. The Balaban J connectivity index is 3.03. The van der Waals surface area contributed by atoms with Gasteiger partial charge in [-0.25, -0.2) is 8.42 Å². The van der Waals surface area contributed by atoms with E-state index in [1.54, 1.807) is 18.2 Å². The molecule has 6 nitrogen and oxygen atoms in total. The summed E-state index contributed by atoms with van der Waals surface area (Å²) in [6.07, 6.45) is 0. The average Bonchev–Trinajstić information content (AvgIpc) is 2.28. The first-order chi connectivity index (χ1) is 8.02. The van der Waals surface area contributed by atoms with E-state index >= 15 is 0 Å². The Morgan fingerprint density at radius 3 is 2.53 bits per heavy atom. The van der Waals surface area contributed by atoms with Gasteiger partial charge in [0, 0.05) is 12.6 Å². The van der Waals surface area contributed by atoms with Gasteiger partial charge in [-0.15, -0.1) is 0 Å². The first-order valence-corrected chi connectivity index (χ1v) is 6.60. The molecule has 0 amide bonds. The number of rotatable bonds is 6. The minimum atomic E-state index is -3.45. The van der Waals surface area contributed by atoms with E-state index in [0.717, 1.165) is 0 Å². The first kappa shape index (κ1) is 13.6. The lowest BCUT2D eigenvalue weighted by atomic mass is 10.3. The minimum absolute atomic E-state index is 0.0572. The number of hydrogen-bond acceptors (Lipinski definition) is 5. The van der Waals surface area contributed by atoms with Crippen molar-refractivity contribution in [2.75, 3.05) is 31.2 Å². The third-order valence-corrected chi connectivity index (χ3v) is 3.36. The van der Waals surface area contributed by atoms with Crippen LogP contribution in [0.5, 0.6) is 11.5 Å². The van der Waals surface area contributed by atoms with Crippen molar-refractivity contribution in [1.82, 2.24) is 0 Å². The molecule has 0 heterocycles. The Bertz CT molecular complexity index is 473. The molecule has 3 N–H and O–H groups in total. The molecule has 0 spiro atoms. The smallest absolute Gasteiger partial charge is 0.234 e. The van der Waals surface area contributed by atoms with Gasteiger partial charge >= 0.3 is 0 Å². The van der Waals surface area contributed by atoms with Crippen LogP contribution in [0.4, 0.5) is 5.69 Å². The highest BCUT2D eigenvalue weighted by Crippen LogP contribution is 2.29. The van der Waals surface area contributed by atoms with Gasteiger partial charge in [0.2, 0.25) is 10.0 Å². The van der Waals surface area contributed by atoms with Crippen LogP contribution in [0.1, 0.15) is 0 Å². The fourth-order valence-electron chi connectivity index (χ4n) is 1.27. The molecule has 0 saturated heterocycles. The van der Waals surface area contributed by atoms with Crippen LogP contribution in [0.15, 0.2) is 18.2 Å². The number of ether oxygens (including phenoxy) is 2. The van der Waals surface area contributed by atoms with Crippen molar-refractivity contribution in [3.8, 4) is 11.5 Å². The van der Waals surface area contributed by atoms with Gasteiger partial charge in [0.15, 0.2) is 0 Å². The van der Waals surface area contributed by atoms with Gasteiger partial charge in [-0.3, -0.25) is 4.72 Å². The lowest BCUT2D eigenvalue weighted by Gasteiger charge is -2.12. The Labute approximate surface area is 101 Å². The number of benzene rings is 1. The van der Waals surface area contributed by atoms with Gasteiger partial charge in [-0.1, -0.05) is 0 Å². The number of methoxy groups -OCH3 is 2. The second kappa shape index (κ2) is 5.74. The normalized spacial score (nSPS) is 11.0. The molecule has 1 aromatic rings. The number of nitrogens with one attached hydrogen (secondary N) is 1. The van der Waals surface area contributed by atoms with E-state index in [1.807, 2.05) is 0 Å².